The Labute approximate surface area is 162 Å². The van der Waals surface area contributed by atoms with Crippen molar-refractivity contribution in [3.63, 3.8) is 0 Å². The van der Waals surface area contributed by atoms with Crippen molar-refractivity contribution in [3.8, 4) is 11.5 Å². The minimum absolute atomic E-state index is 0.000909. The summed E-state index contributed by atoms with van der Waals surface area (Å²) in [5.41, 5.74) is 0. The molecule has 1 aliphatic carbocycles. The van der Waals surface area contributed by atoms with Crippen LogP contribution in [-0.2, 0) is 4.79 Å². The van der Waals surface area contributed by atoms with Crippen molar-refractivity contribution in [2.45, 2.75) is 57.9 Å². The van der Waals surface area contributed by atoms with E-state index in [0.717, 1.165) is 24.3 Å². The van der Waals surface area contributed by atoms with Gasteiger partial charge in [0.15, 0.2) is 5.96 Å². The second-order valence-electron chi connectivity index (χ2n) is 7.28. The molecule has 1 fully saturated rings. The summed E-state index contributed by atoms with van der Waals surface area (Å²) in [4.78, 5) is 12.1. The molecule has 0 aromatic heterocycles. The van der Waals surface area contributed by atoms with Gasteiger partial charge in [-0.25, -0.2) is 0 Å². The Morgan fingerprint density at radius 1 is 1.22 bits per heavy atom. The lowest BCUT2D eigenvalue weighted by molar-refractivity contribution is -0.114. The second kappa shape index (κ2) is 11.5. The zero-order valence-electron chi connectivity index (χ0n) is 16.6. The molecule has 1 atom stereocenters. The van der Waals surface area contributed by atoms with Crippen LogP contribution in [0.5, 0.6) is 11.5 Å². The quantitative estimate of drug-likeness (QED) is 0.370. The van der Waals surface area contributed by atoms with Crippen LogP contribution in [0.4, 0.5) is 0 Å². The topological polar surface area (TPSA) is 74.7 Å². The molecule has 1 aromatic carbocycles. The van der Waals surface area contributed by atoms with Crippen molar-refractivity contribution in [2.24, 2.45) is 5.92 Å². The number of nitrogens with one attached hydrogen (secondary N) is 2. The minimum atomic E-state index is -0.000909. The Morgan fingerprint density at radius 3 is 2.44 bits per heavy atom. The van der Waals surface area contributed by atoms with E-state index < -0.39 is 0 Å². The van der Waals surface area contributed by atoms with Gasteiger partial charge >= 0.3 is 0 Å². The maximum absolute atomic E-state index is 10.9. The van der Waals surface area contributed by atoms with Crippen molar-refractivity contribution < 1.29 is 14.3 Å². The van der Waals surface area contributed by atoms with Gasteiger partial charge < -0.3 is 14.8 Å². The summed E-state index contributed by atoms with van der Waals surface area (Å²) in [6.07, 6.45) is 8.92. The molecule has 6 nitrogen and oxygen atoms in total. The molecular weight excluding hydrogens is 342 g/mol. The van der Waals surface area contributed by atoms with Gasteiger partial charge in [-0.15, -0.1) is 0 Å². The first kappa shape index (κ1) is 21.1. The van der Waals surface area contributed by atoms with E-state index in [0.29, 0.717) is 25.5 Å². The van der Waals surface area contributed by atoms with Crippen molar-refractivity contribution in [1.29, 1.82) is 5.41 Å². The van der Waals surface area contributed by atoms with Gasteiger partial charge in [0.05, 0.1) is 12.6 Å². The number of amides is 1. The maximum Gasteiger partial charge on any atom is 0.216 e. The number of guanidine groups is 1. The number of nitrogens with zero attached hydrogens (tertiary/aromatic N) is 1. The van der Waals surface area contributed by atoms with Gasteiger partial charge in [0.2, 0.25) is 6.41 Å². The molecule has 6 heteroatoms. The number of carbonyl (C=O) groups excluding carboxylic acids is 1. The Kier molecular flexibility index (Phi) is 8.95. The molecule has 0 saturated heterocycles. The predicted molar refractivity (Wildman–Crippen MR) is 107 cm³/mol. The molecule has 0 aliphatic heterocycles. The highest BCUT2D eigenvalue weighted by Gasteiger charge is 2.21. The van der Waals surface area contributed by atoms with E-state index in [1.807, 2.05) is 24.3 Å². The van der Waals surface area contributed by atoms with Crippen LogP contribution >= 0.6 is 0 Å². The molecule has 150 valence electrons. The van der Waals surface area contributed by atoms with Gasteiger partial charge in [0, 0.05) is 7.05 Å². The van der Waals surface area contributed by atoms with Crippen molar-refractivity contribution in [3.05, 3.63) is 24.3 Å². The highest BCUT2D eigenvalue weighted by molar-refractivity contribution is 5.86. The normalized spacial score (nSPS) is 15.6. The average Bonchev–Trinajstić information content (AvgIpc) is 2.71. The van der Waals surface area contributed by atoms with Crippen LogP contribution in [0.2, 0.25) is 0 Å². The molecule has 1 aromatic rings. The van der Waals surface area contributed by atoms with E-state index >= 15 is 0 Å². The van der Waals surface area contributed by atoms with Gasteiger partial charge in [0.25, 0.3) is 0 Å². The van der Waals surface area contributed by atoms with Crippen LogP contribution in [0.1, 0.15) is 51.9 Å². The Morgan fingerprint density at radius 2 is 1.85 bits per heavy atom. The fourth-order valence-electron chi connectivity index (χ4n) is 3.39. The first-order valence-corrected chi connectivity index (χ1v) is 10.0. The molecular formula is C21H33N3O3. The lowest BCUT2D eigenvalue weighted by atomic mass is 9.85. The fourth-order valence-corrected chi connectivity index (χ4v) is 3.39. The standard InChI is InChI=1S/C21H33N3O3/c1-3-13-26-19-9-11-20(12-10-19)27-15-18(23-21(22)24(2)16-25)14-17-7-5-4-6-8-17/h9-12,16-18H,3-8,13-15H2,1-2H3,(H2,22,23). The van der Waals surface area contributed by atoms with E-state index in [2.05, 4.69) is 12.2 Å². The Balaban J connectivity index is 1.91. The minimum Gasteiger partial charge on any atom is -0.494 e. The number of ether oxygens (including phenoxy) is 2. The molecule has 0 heterocycles. The molecule has 1 aliphatic rings. The van der Waals surface area contributed by atoms with Crippen LogP contribution in [0.25, 0.3) is 0 Å². The molecule has 0 spiro atoms. The van der Waals surface area contributed by atoms with Crippen LogP contribution < -0.4 is 14.8 Å². The third kappa shape index (κ3) is 7.49. The van der Waals surface area contributed by atoms with Gasteiger partial charge in [-0.3, -0.25) is 15.1 Å². The number of carbonyl (C=O) groups is 1. The van der Waals surface area contributed by atoms with E-state index in [1.165, 1.54) is 37.0 Å². The Bertz CT molecular complexity index is 571. The predicted octanol–water partition coefficient (Wildman–Crippen LogP) is 3.81. The monoisotopic (exact) mass is 375 g/mol. The Hall–Kier alpha value is -2.24. The zero-order chi connectivity index (χ0) is 19.5. The summed E-state index contributed by atoms with van der Waals surface area (Å²) in [5, 5.41) is 11.2. The third-order valence-corrected chi connectivity index (χ3v) is 4.94. The highest BCUT2D eigenvalue weighted by atomic mass is 16.5. The second-order valence-corrected chi connectivity index (χ2v) is 7.28. The van der Waals surface area contributed by atoms with E-state index in [4.69, 9.17) is 14.9 Å². The average molecular weight is 376 g/mol. The van der Waals surface area contributed by atoms with Gasteiger partial charge in [-0.1, -0.05) is 39.0 Å². The summed E-state index contributed by atoms with van der Waals surface area (Å²) in [5.74, 6) is 2.39. The number of rotatable bonds is 10. The SMILES string of the molecule is CCCOc1ccc(OCC(CC2CCCCC2)NC(=N)N(C)C=O)cc1. The van der Waals surface area contributed by atoms with Gasteiger partial charge in [0.1, 0.15) is 18.1 Å². The summed E-state index contributed by atoms with van der Waals surface area (Å²) < 4.78 is 11.6. The van der Waals surface area contributed by atoms with Crippen LogP contribution in [0, 0.1) is 11.3 Å². The van der Waals surface area contributed by atoms with E-state index in [9.17, 15) is 4.79 Å². The third-order valence-electron chi connectivity index (χ3n) is 4.94. The molecule has 1 amide bonds. The number of hydrogen-bond acceptors (Lipinski definition) is 4. The first-order valence-electron chi connectivity index (χ1n) is 10.0. The molecule has 0 radical (unpaired) electrons. The van der Waals surface area contributed by atoms with Crippen LogP contribution in [0.3, 0.4) is 0 Å². The smallest absolute Gasteiger partial charge is 0.216 e. The zero-order valence-corrected chi connectivity index (χ0v) is 16.6. The molecule has 27 heavy (non-hydrogen) atoms. The molecule has 1 saturated carbocycles. The lowest BCUT2D eigenvalue weighted by Gasteiger charge is -2.28. The van der Waals surface area contributed by atoms with Crippen molar-refractivity contribution in [2.75, 3.05) is 20.3 Å². The van der Waals surface area contributed by atoms with Crippen LogP contribution in [-0.4, -0.2) is 43.6 Å². The van der Waals surface area contributed by atoms with E-state index in [1.54, 1.807) is 7.05 Å². The molecule has 1 unspecified atom stereocenters. The van der Waals surface area contributed by atoms with Crippen molar-refractivity contribution in [1.82, 2.24) is 10.2 Å². The summed E-state index contributed by atoms with van der Waals surface area (Å²) in [6, 6.07) is 7.64. The molecule has 2 N–H and O–H groups in total. The van der Waals surface area contributed by atoms with E-state index in [-0.39, 0.29) is 12.0 Å². The summed E-state index contributed by atoms with van der Waals surface area (Å²) in [7, 11) is 1.58. The van der Waals surface area contributed by atoms with Crippen LogP contribution in [0.15, 0.2) is 24.3 Å². The molecule has 0 bridgehead atoms. The highest BCUT2D eigenvalue weighted by Crippen LogP contribution is 2.27. The largest absolute Gasteiger partial charge is 0.494 e. The summed E-state index contributed by atoms with van der Waals surface area (Å²) in [6.45, 7) is 3.25. The number of hydrogen-bond donors (Lipinski definition) is 2. The maximum atomic E-state index is 10.9. The lowest BCUT2D eigenvalue weighted by Crippen LogP contribution is -2.46. The molecule has 2 rings (SSSR count). The van der Waals surface area contributed by atoms with Gasteiger partial charge in [-0.2, -0.15) is 0 Å². The first-order chi connectivity index (χ1) is 13.1. The summed E-state index contributed by atoms with van der Waals surface area (Å²) >= 11 is 0. The van der Waals surface area contributed by atoms with Crippen molar-refractivity contribution >= 4 is 12.4 Å². The number of benzene rings is 1. The van der Waals surface area contributed by atoms with Gasteiger partial charge in [-0.05, 0) is 43.0 Å². The fraction of sp³-hybridized carbons (Fsp3) is 0.619.